The van der Waals surface area contributed by atoms with Crippen LogP contribution in [0.25, 0.3) is 0 Å². The first kappa shape index (κ1) is 21.5. The van der Waals surface area contributed by atoms with E-state index in [9.17, 15) is 4.79 Å². The third-order valence-electron chi connectivity index (χ3n) is 10.2. The predicted molar refractivity (Wildman–Crippen MR) is 113 cm³/mol. The average molecular weight is 397 g/mol. The summed E-state index contributed by atoms with van der Waals surface area (Å²) in [6, 6.07) is 0. The Morgan fingerprint density at radius 3 is 2.44 bits per heavy atom. The minimum atomic E-state index is -0.621. The van der Waals surface area contributed by atoms with E-state index >= 15 is 0 Å². The maximum atomic E-state index is 11.0. The Labute approximate surface area is 172 Å². The molecule has 0 aliphatic heterocycles. The molecule has 3 heteroatoms. The molecule has 4 rings (SSSR count). The third kappa shape index (κ3) is 3.47. The van der Waals surface area contributed by atoms with Gasteiger partial charge in [0.1, 0.15) is 0 Å². The van der Waals surface area contributed by atoms with Gasteiger partial charge in [0.05, 0.1) is 0 Å². The normalized spacial score (nSPS) is 47.1. The highest BCUT2D eigenvalue weighted by Gasteiger charge is 2.60. The van der Waals surface area contributed by atoms with Gasteiger partial charge in [-0.2, -0.15) is 0 Å². The van der Waals surface area contributed by atoms with E-state index in [1.807, 2.05) is 0 Å². The summed E-state index contributed by atoms with van der Waals surface area (Å²) >= 11 is 0. The van der Waals surface area contributed by atoms with Crippen molar-refractivity contribution in [3.05, 3.63) is 0 Å². The van der Waals surface area contributed by atoms with Gasteiger partial charge in [-0.15, -0.1) is 12.4 Å². The smallest absolute Gasteiger partial charge is 0.303 e. The van der Waals surface area contributed by atoms with Gasteiger partial charge in [-0.3, -0.25) is 4.79 Å². The Bertz CT molecular complexity index is 548. The zero-order valence-electron chi connectivity index (χ0n) is 17.7. The van der Waals surface area contributed by atoms with Crippen molar-refractivity contribution in [2.75, 3.05) is 0 Å². The molecule has 8 atom stereocenters. The van der Waals surface area contributed by atoms with Crippen molar-refractivity contribution in [2.24, 2.45) is 46.3 Å². The van der Waals surface area contributed by atoms with Crippen LogP contribution in [0.15, 0.2) is 0 Å². The van der Waals surface area contributed by atoms with Crippen LogP contribution >= 0.6 is 12.4 Å². The summed E-state index contributed by atoms with van der Waals surface area (Å²) in [6.07, 6.45) is 15.7. The molecule has 0 aromatic carbocycles. The summed E-state index contributed by atoms with van der Waals surface area (Å²) in [4.78, 5) is 11.0. The van der Waals surface area contributed by atoms with Gasteiger partial charge in [0.25, 0.3) is 0 Å². The Kier molecular flexibility index (Phi) is 6.27. The zero-order chi connectivity index (χ0) is 18.5. The van der Waals surface area contributed by atoms with E-state index in [0.29, 0.717) is 23.2 Å². The molecule has 1 unspecified atom stereocenters. The highest BCUT2D eigenvalue weighted by atomic mass is 35.5. The lowest BCUT2D eigenvalue weighted by molar-refractivity contribution is -0.137. The highest BCUT2D eigenvalue weighted by molar-refractivity contribution is 5.85. The molecule has 156 valence electrons. The number of carboxylic acid groups (broad SMARTS) is 1. The molecule has 0 amide bonds. The largest absolute Gasteiger partial charge is 0.481 e. The molecule has 0 saturated heterocycles. The number of rotatable bonds is 4. The molecule has 0 aromatic rings. The van der Waals surface area contributed by atoms with Gasteiger partial charge in [0.15, 0.2) is 0 Å². The molecule has 2 nitrogen and oxygen atoms in total. The zero-order valence-corrected chi connectivity index (χ0v) is 18.5. The molecule has 4 fully saturated rings. The van der Waals surface area contributed by atoms with Crippen LogP contribution in [0.4, 0.5) is 0 Å². The molecular weight excluding hydrogens is 356 g/mol. The molecule has 0 spiro atoms. The summed E-state index contributed by atoms with van der Waals surface area (Å²) in [5.41, 5.74) is 1.12. The number of hydrogen-bond acceptors (Lipinski definition) is 1. The van der Waals surface area contributed by atoms with Gasteiger partial charge in [-0.1, -0.05) is 33.6 Å². The summed E-state index contributed by atoms with van der Waals surface area (Å²) in [5, 5.41) is 9.09. The topological polar surface area (TPSA) is 37.3 Å². The second-order valence-corrected chi connectivity index (χ2v) is 11.0. The summed E-state index contributed by atoms with van der Waals surface area (Å²) < 4.78 is 0. The van der Waals surface area contributed by atoms with Crippen molar-refractivity contribution < 1.29 is 9.90 Å². The van der Waals surface area contributed by atoms with E-state index in [1.165, 1.54) is 64.2 Å². The van der Waals surface area contributed by atoms with Crippen LogP contribution in [-0.2, 0) is 4.79 Å². The fourth-order valence-corrected chi connectivity index (χ4v) is 8.82. The van der Waals surface area contributed by atoms with E-state index in [4.69, 9.17) is 5.11 Å². The number of halogens is 1. The molecule has 4 aliphatic rings. The van der Waals surface area contributed by atoms with Crippen LogP contribution in [0.3, 0.4) is 0 Å². The van der Waals surface area contributed by atoms with Crippen molar-refractivity contribution in [1.29, 1.82) is 0 Å². The summed E-state index contributed by atoms with van der Waals surface area (Å²) in [5.74, 6) is 4.57. The monoisotopic (exact) mass is 396 g/mol. The van der Waals surface area contributed by atoms with Gasteiger partial charge in [0.2, 0.25) is 0 Å². The number of aliphatic carboxylic acids is 1. The number of hydrogen-bond donors (Lipinski definition) is 1. The fraction of sp³-hybridized carbons (Fsp3) is 0.958. The average Bonchev–Trinajstić information content (AvgIpc) is 2.96. The fourth-order valence-electron chi connectivity index (χ4n) is 8.82. The van der Waals surface area contributed by atoms with E-state index in [2.05, 4.69) is 20.8 Å². The molecule has 4 aliphatic carbocycles. The van der Waals surface area contributed by atoms with Crippen LogP contribution in [0.5, 0.6) is 0 Å². The highest BCUT2D eigenvalue weighted by Crippen LogP contribution is 2.68. The van der Waals surface area contributed by atoms with Gasteiger partial charge in [-0.25, -0.2) is 0 Å². The minimum Gasteiger partial charge on any atom is -0.481 e. The molecule has 27 heavy (non-hydrogen) atoms. The Morgan fingerprint density at radius 2 is 1.70 bits per heavy atom. The van der Waals surface area contributed by atoms with Crippen molar-refractivity contribution in [1.82, 2.24) is 0 Å². The number of carbonyl (C=O) groups is 1. The summed E-state index contributed by atoms with van der Waals surface area (Å²) in [7, 11) is 0. The SMILES string of the molecule is C[C@H](CCC(=O)O)[C@H]1CC[C@H]2[C@@H]3CCC4CCCC[C@]4(C)[C@H]3CC[C@]12C.Cl. The predicted octanol–water partition coefficient (Wildman–Crippen LogP) is 6.96. The number of carboxylic acids is 1. The van der Waals surface area contributed by atoms with E-state index in [0.717, 1.165) is 36.0 Å². The summed E-state index contributed by atoms with van der Waals surface area (Å²) in [6.45, 7) is 7.60. The first-order chi connectivity index (χ1) is 12.4. The van der Waals surface area contributed by atoms with Gasteiger partial charge in [-0.05, 0) is 104 Å². The molecule has 0 radical (unpaired) electrons. The lowest BCUT2D eigenvalue weighted by atomic mass is 9.44. The lowest BCUT2D eigenvalue weighted by Crippen LogP contribution is -2.53. The van der Waals surface area contributed by atoms with E-state index in [1.54, 1.807) is 0 Å². The maximum absolute atomic E-state index is 11.0. The minimum absolute atomic E-state index is 0. The molecule has 0 aromatic heterocycles. The maximum Gasteiger partial charge on any atom is 0.303 e. The quantitative estimate of drug-likeness (QED) is 0.557. The first-order valence-corrected chi connectivity index (χ1v) is 11.6. The van der Waals surface area contributed by atoms with Gasteiger partial charge in [0, 0.05) is 6.42 Å². The van der Waals surface area contributed by atoms with Crippen LogP contribution < -0.4 is 0 Å². The van der Waals surface area contributed by atoms with Crippen molar-refractivity contribution in [2.45, 2.75) is 97.8 Å². The second kappa shape index (κ2) is 7.88. The lowest BCUT2D eigenvalue weighted by Gasteiger charge is -2.61. The Hall–Kier alpha value is -0.240. The van der Waals surface area contributed by atoms with Gasteiger partial charge < -0.3 is 5.11 Å². The van der Waals surface area contributed by atoms with Crippen LogP contribution in [0, 0.1) is 46.3 Å². The number of fused-ring (bicyclic) bond motifs is 5. The van der Waals surface area contributed by atoms with Crippen LogP contribution in [0.2, 0.25) is 0 Å². The van der Waals surface area contributed by atoms with Gasteiger partial charge >= 0.3 is 5.97 Å². The first-order valence-electron chi connectivity index (χ1n) is 11.6. The molecule has 0 heterocycles. The molecule has 1 N–H and O–H groups in total. The Morgan fingerprint density at radius 1 is 0.963 bits per heavy atom. The van der Waals surface area contributed by atoms with Crippen molar-refractivity contribution >= 4 is 18.4 Å². The molecule has 0 bridgehead atoms. The van der Waals surface area contributed by atoms with Crippen molar-refractivity contribution in [3.8, 4) is 0 Å². The molecule has 4 saturated carbocycles. The standard InChI is InChI=1S/C24H40O2.ClH/c1-16(7-12-22(25)26)19-10-11-20-18-9-8-17-6-4-5-14-23(17,2)21(18)13-15-24(19,20)3;/h16-21H,4-15H2,1-3H3,(H,25,26);1H/t16-,17?,18+,19-,20+,21+,23+,24-;/m1./s1. The van der Waals surface area contributed by atoms with E-state index < -0.39 is 5.97 Å². The van der Waals surface area contributed by atoms with Crippen molar-refractivity contribution in [3.63, 3.8) is 0 Å². The second-order valence-electron chi connectivity index (χ2n) is 11.0. The Balaban J connectivity index is 0.00000210. The third-order valence-corrected chi connectivity index (χ3v) is 10.2. The molecular formula is C24H41ClO2. The van der Waals surface area contributed by atoms with Crippen LogP contribution in [0.1, 0.15) is 97.8 Å². The van der Waals surface area contributed by atoms with Crippen LogP contribution in [-0.4, -0.2) is 11.1 Å². The van der Waals surface area contributed by atoms with E-state index in [-0.39, 0.29) is 12.4 Å².